The molecule has 0 bridgehead atoms. The number of hydrogen-bond acceptors (Lipinski definition) is 4. The van der Waals surface area contributed by atoms with Gasteiger partial charge >= 0.3 is 5.97 Å². The van der Waals surface area contributed by atoms with E-state index in [1.807, 2.05) is 56.3 Å². The highest BCUT2D eigenvalue weighted by Gasteiger charge is 2.20. The molecular formula is C21H20ClN3O3. The molecule has 0 fully saturated rings. The van der Waals surface area contributed by atoms with E-state index in [0.29, 0.717) is 16.4 Å². The predicted molar refractivity (Wildman–Crippen MR) is 108 cm³/mol. The van der Waals surface area contributed by atoms with Gasteiger partial charge in [0, 0.05) is 16.6 Å². The van der Waals surface area contributed by atoms with Crippen molar-refractivity contribution in [3.8, 4) is 16.9 Å². The third kappa shape index (κ3) is 4.78. The first kappa shape index (κ1) is 19.6. The van der Waals surface area contributed by atoms with Crippen LogP contribution in [-0.2, 0) is 9.53 Å². The maximum absolute atomic E-state index is 12.6. The molecule has 0 aliphatic carbocycles. The van der Waals surface area contributed by atoms with Crippen LogP contribution >= 0.6 is 11.6 Å². The Labute approximate surface area is 168 Å². The molecule has 1 aromatic heterocycles. The van der Waals surface area contributed by atoms with Crippen LogP contribution in [0.2, 0.25) is 5.02 Å². The molecule has 1 amide bonds. The Balaban J connectivity index is 1.91. The van der Waals surface area contributed by atoms with Crippen LogP contribution in [0, 0.1) is 0 Å². The third-order valence-corrected chi connectivity index (χ3v) is 4.10. The fraction of sp³-hybridized carbons (Fsp3) is 0.190. The lowest BCUT2D eigenvalue weighted by atomic mass is 10.1. The number of halogens is 1. The minimum atomic E-state index is -0.629. The van der Waals surface area contributed by atoms with Gasteiger partial charge in [0.25, 0.3) is 5.91 Å². The second-order valence-electron chi connectivity index (χ2n) is 6.47. The van der Waals surface area contributed by atoms with Crippen molar-refractivity contribution < 1.29 is 14.3 Å². The molecule has 144 valence electrons. The molecule has 0 saturated heterocycles. The number of hydrogen-bond donors (Lipinski definition) is 1. The van der Waals surface area contributed by atoms with Crippen LogP contribution in [0.25, 0.3) is 16.9 Å². The summed E-state index contributed by atoms with van der Waals surface area (Å²) in [6.45, 7) is 3.32. The number of nitrogens with one attached hydrogen (secondary N) is 1. The van der Waals surface area contributed by atoms with Gasteiger partial charge in [0.2, 0.25) is 0 Å². The van der Waals surface area contributed by atoms with E-state index in [1.54, 1.807) is 18.2 Å². The smallest absolute Gasteiger partial charge is 0.357 e. The SMILES string of the molecule is CC(C)NC(=O)COC(=O)c1cc(-c2ccc(Cl)cc2)nn1-c1ccccc1. The average Bonchev–Trinajstić information content (AvgIpc) is 3.12. The summed E-state index contributed by atoms with van der Waals surface area (Å²) in [5, 5.41) is 7.84. The molecule has 0 saturated carbocycles. The number of benzene rings is 2. The van der Waals surface area contributed by atoms with Gasteiger partial charge in [-0.2, -0.15) is 5.10 Å². The van der Waals surface area contributed by atoms with E-state index in [-0.39, 0.29) is 24.2 Å². The zero-order valence-corrected chi connectivity index (χ0v) is 16.3. The molecule has 0 atom stereocenters. The number of amides is 1. The predicted octanol–water partition coefficient (Wildman–Crippen LogP) is 3.87. The van der Waals surface area contributed by atoms with Crippen molar-refractivity contribution in [2.24, 2.45) is 0 Å². The summed E-state index contributed by atoms with van der Waals surface area (Å²) in [5.74, 6) is -0.984. The Bertz CT molecular complexity index is 966. The Hall–Kier alpha value is -3.12. The molecule has 0 spiro atoms. The highest BCUT2D eigenvalue weighted by molar-refractivity contribution is 6.30. The van der Waals surface area contributed by atoms with Crippen LogP contribution in [0.1, 0.15) is 24.3 Å². The van der Waals surface area contributed by atoms with Gasteiger partial charge in [-0.3, -0.25) is 4.79 Å². The fourth-order valence-electron chi connectivity index (χ4n) is 2.62. The van der Waals surface area contributed by atoms with Crippen molar-refractivity contribution in [3.05, 3.63) is 71.4 Å². The number of carbonyl (C=O) groups is 2. The van der Waals surface area contributed by atoms with Gasteiger partial charge in [-0.25, -0.2) is 9.48 Å². The first-order chi connectivity index (χ1) is 13.4. The Morgan fingerprint density at radius 3 is 2.43 bits per heavy atom. The van der Waals surface area contributed by atoms with E-state index in [9.17, 15) is 9.59 Å². The third-order valence-electron chi connectivity index (χ3n) is 3.84. The van der Waals surface area contributed by atoms with E-state index in [4.69, 9.17) is 16.3 Å². The van der Waals surface area contributed by atoms with Crippen molar-refractivity contribution >= 4 is 23.5 Å². The quantitative estimate of drug-likeness (QED) is 0.641. The largest absolute Gasteiger partial charge is 0.451 e. The minimum absolute atomic E-state index is 0.0300. The van der Waals surface area contributed by atoms with Gasteiger partial charge in [0.1, 0.15) is 0 Å². The number of aromatic nitrogens is 2. The Morgan fingerprint density at radius 1 is 1.11 bits per heavy atom. The van der Waals surface area contributed by atoms with Gasteiger partial charge in [-0.1, -0.05) is 41.9 Å². The van der Waals surface area contributed by atoms with Crippen molar-refractivity contribution in [2.75, 3.05) is 6.61 Å². The van der Waals surface area contributed by atoms with E-state index in [1.165, 1.54) is 4.68 Å². The second-order valence-corrected chi connectivity index (χ2v) is 6.90. The summed E-state index contributed by atoms with van der Waals surface area (Å²) in [6.07, 6.45) is 0. The number of rotatable bonds is 6. The molecule has 1 N–H and O–H groups in total. The van der Waals surface area contributed by atoms with Gasteiger partial charge in [0.05, 0.1) is 11.4 Å². The first-order valence-corrected chi connectivity index (χ1v) is 9.20. The number of esters is 1. The molecule has 3 aromatic rings. The molecule has 0 aliphatic heterocycles. The standard InChI is InChI=1S/C21H20ClN3O3/c1-14(2)23-20(26)13-28-21(27)19-12-18(15-8-10-16(22)11-9-15)24-25(19)17-6-4-3-5-7-17/h3-12,14H,13H2,1-2H3,(H,23,26). The molecule has 1 heterocycles. The van der Waals surface area contributed by atoms with Crippen molar-refractivity contribution in [1.29, 1.82) is 0 Å². The number of para-hydroxylation sites is 1. The fourth-order valence-corrected chi connectivity index (χ4v) is 2.75. The van der Waals surface area contributed by atoms with Gasteiger partial charge in [-0.15, -0.1) is 0 Å². The number of carbonyl (C=O) groups excluding carboxylic acids is 2. The molecule has 0 aliphatic rings. The topological polar surface area (TPSA) is 73.2 Å². The van der Waals surface area contributed by atoms with Crippen LogP contribution in [-0.4, -0.2) is 34.3 Å². The molecule has 7 heteroatoms. The summed E-state index contributed by atoms with van der Waals surface area (Å²) in [7, 11) is 0. The molecule has 0 unspecified atom stereocenters. The van der Waals surface area contributed by atoms with E-state index in [2.05, 4.69) is 10.4 Å². The highest BCUT2D eigenvalue weighted by atomic mass is 35.5. The number of ether oxygens (including phenoxy) is 1. The summed E-state index contributed by atoms with van der Waals surface area (Å²) >= 11 is 5.95. The molecular weight excluding hydrogens is 378 g/mol. The molecule has 6 nitrogen and oxygen atoms in total. The van der Waals surface area contributed by atoms with Gasteiger partial charge < -0.3 is 10.1 Å². The molecule has 0 radical (unpaired) electrons. The van der Waals surface area contributed by atoms with Crippen LogP contribution in [0.15, 0.2) is 60.7 Å². The minimum Gasteiger partial charge on any atom is -0.451 e. The van der Waals surface area contributed by atoms with E-state index >= 15 is 0 Å². The number of nitrogens with zero attached hydrogens (tertiary/aromatic N) is 2. The maximum Gasteiger partial charge on any atom is 0.357 e. The zero-order chi connectivity index (χ0) is 20.1. The highest BCUT2D eigenvalue weighted by Crippen LogP contribution is 2.23. The van der Waals surface area contributed by atoms with Crippen molar-refractivity contribution in [2.45, 2.75) is 19.9 Å². The lowest BCUT2D eigenvalue weighted by Gasteiger charge is -2.10. The zero-order valence-electron chi connectivity index (χ0n) is 15.6. The van der Waals surface area contributed by atoms with E-state index < -0.39 is 5.97 Å². The molecule has 2 aromatic carbocycles. The van der Waals surface area contributed by atoms with Gasteiger partial charge in [0.15, 0.2) is 12.3 Å². The maximum atomic E-state index is 12.6. The Morgan fingerprint density at radius 2 is 1.79 bits per heavy atom. The second kappa shape index (κ2) is 8.71. The lowest BCUT2D eigenvalue weighted by molar-refractivity contribution is -0.124. The monoisotopic (exact) mass is 397 g/mol. The molecule has 3 rings (SSSR count). The first-order valence-electron chi connectivity index (χ1n) is 8.82. The summed E-state index contributed by atoms with van der Waals surface area (Å²) in [5.41, 5.74) is 2.35. The average molecular weight is 398 g/mol. The van der Waals surface area contributed by atoms with Gasteiger partial charge in [-0.05, 0) is 44.2 Å². The summed E-state index contributed by atoms with van der Waals surface area (Å²) in [4.78, 5) is 24.4. The van der Waals surface area contributed by atoms with Crippen LogP contribution in [0.4, 0.5) is 0 Å². The van der Waals surface area contributed by atoms with Crippen LogP contribution in [0.5, 0.6) is 0 Å². The summed E-state index contributed by atoms with van der Waals surface area (Å²) < 4.78 is 6.69. The van der Waals surface area contributed by atoms with Crippen LogP contribution in [0.3, 0.4) is 0 Å². The van der Waals surface area contributed by atoms with Crippen molar-refractivity contribution in [3.63, 3.8) is 0 Å². The van der Waals surface area contributed by atoms with Crippen molar-refractivity contribution in [1.82, 2.24) is 15.1 Å². The molecule has 28 heavy (non-hydrogen) atoms. The van der Waals surface area contributed by atoms with E-state index in [0.717, 1.165) is 5.56 Å². The normalized spacial score (nSPS) is 10.7. The van der Waals surface area contributed by atoms with Crippen LogP contribution < -0.4 is 5.32 Å². The lowest BCUT2D eigenvalue weighted by Crippen LogP contribution is -2.34. The summed E-state index contributed by atoms with van der Waals surface area (Å²) in [6, 6.07) is 18.0. The Kier molecular flexibility index (Phi) is 6.11.